The van der Waals surface area contributed by atoms with E-state index in [9.17, 15) is 0 Å². The van der Waals surface area contributed by atoms with Gasteiger partial charge in [-0.3, -0.25) is 0 Å². The number of nitrogens with zero attached hydrogens (tertiary/aromatic N) is 3. The Kier molecular flexibility index (Phi) is 4.44. The molecule has 0 unspecified atom stereocenters. The smallest absolute Gasteiger partial charge is 0.260 e. The van der Waals surface area contributed by atoms with Crippen LogP contribution in [0.4, 0.5) is 0 Å². The van der Waals surface area contributed by atoms with Gasteiger partial charge in [-0.15, -0.1) is 32.9 Å². The van der Waals surface area contributed by atoms with E-state index in [2.05, 4.69) is 15.2 Å². The van der Waals surface area contributed by atoms with Crippen LogP contribution in [0.2, 0.25) is 0 Å². The quantitative estimate of drug-likeness (QED) is 0.493. The van der Waals surface area contributed by atoms with Crippen LogP contribution in [0.5, 0.6) is 0 Å². The molecule has 0 aliphatic carbocycles. The molecule has 7 heteroatoms. The van der Waals surface area contributed by atoms with Gasteiger partial charge in [0.25, 0.3) is 11.8 Å². The minimum Gasteiger partial charge on any atom is -0.414 e. The molecule has 0 aliphatic heterocycles. The number of hydrogen-bond donors (Lipinski definition) is 0. The standard InChI is InChI=1S/C18H15N3O2S2/c1-11-15(25-18(19-11)13-6-4-3-5-7-13)17-21-20-16(23-17)14-8-12(9-22-2)10-24-14/h3-8,10H,9H2,1-2H3. The molecule has 5 nitrogen and oxygen atoms in total. The molecular formula is C18H15N3O2S2. The maximum Gasteiger partial charge on any atom is 0.260 e. The van der Waals surface area contributed by atoms with Crippen molar-refractivity contribution >= 4 is 22.7 Å². The number of hydrogen-bond acceptors (Lipinski definition) is 7. The predicted octanol–water partition coefficient (Wildman–Crippen LogP) is 5.04. The molecule has 0 atom stereocenters. The zero-order valence-electron chi connectivity index (χ0n) is 13.7. The van der Waals surface area contributed by atoms with Crippen LogP contribution in [0.25, 0.3) is 32.1 Å². The number of aromatic nitrogens is 3. The molecule has 0 bridgehead atoms. The Bertz CT molecular complexity index is 989. The summed E-state index contributed by atoms with van der Waals surface area (Å²) in [5.74, 6) is 1.03. The Morgan fingerprint density at radius 2 is 1.92 bits per heavy atom. The second kappa shape index (κ2) is 6.87. The summed E-state index contributed by atoms with van der Waals surface area (Å²) in [6, 6.07) is 12.1. The highest BCUT2D eigenvalue weighted by Crippen LogP contribution is 2.36. The Morgan fingerprint density at radius 3 is 2.72 bits per heavy atom. The third-order valence-electron chi connectivity index (χ3n) is 3.61. The van der Waals surface area contributed by atoms with Crippen molar-refractivity contribution in [3.05, 3.63) is 53.0 Å². The van der Waals surface area contributed by atoms with Crippen molar-refractivity contribution in [2.45, 2.75) is 13.5 Å². The molecule has 1 aromatic carbocycles. The van der Waals surface area contributed by atoms with Gasteiger partial charge in [-0.05, 0) is 23.9 Å². The van der Waals surface area contributed by atoms with Gasteiger partial charge < -0.3 is 9.15 Å². The molecule has 4 rings (SSSR count). The summed E-state index contributed by atoms with van der Waals surface area (Å²) in [7, 11) is 1.68. The highest BCUT2D eigenvalue weighted by molar-refractivity contribution is 7.18. The van der Waals surface area contributed by atoms with Crippen molar-refractivity contribution in [1.82, 2.24) is 15.2 Å². The fourth-order valence-corrected chi connectivity index (χ4v) is 4.25. The highest BCUT2D eigenvalue weighted by atomic mass is 32.1. The molecule has 0 spiro atoms. The molecule has 0 saturated carbocycles. The predicted molar refractivity (Wildman–Crippen MR) is 99.6 cm³/mol. The Morgan fingerprint density at radius 1 is 1.12 bits per heavy atom. The van der Waals surface area contributed by atoms with Crippen LogP contribution < -0.4 is 0 Å². The minimum atomic E-state index is 0.508. The van der Waals surface area contributed by atoms with Gasteiger partial charge in [-0.1, -0.05) is 30.3 Å². The number of thiazole rings is 1. The number of rotatable bonds is 5. The van der Waals surface area contributed by atoms with E-state index in [0.29, 0.717) is 18.4 Å². The SMILES string of the molecule is COCc1csc(-c2nnc(-c3sc(-c4ccccc4)nc3C)o2)c1. The van der Waals surface area contributed by atoms with E-state index in [0.717, 1.165) is 31.6 Å². The lowest BCUT2D eigenvalue weighted by Gasteiger charge is -1.92. The molecule has 0 fully saturated rings. The number of ether oxygens (including phenoxy) is 1. The van der Waals surface area contributed by atoms with Crippen molar-refractivity contribution in [3.8, 4) is 32.1 Å². The average molecular weight is 369 g/mol. The van der Waals surface area contributed by atoms with E-state index in [-0.39, 0.29) is 0 Å². The maximum atomic E-state index is 5.90. The molecule has 3 aromatic heterocycles. The maximum absolute atomic E-state index is 5.90. The highest BCUT2D eigenvalue weighted by Gasteiger charge is 2.18. The van der Waals surface area contributed by atoms with E-state index >= 15 is 0 Å². The molecule has 0 N–H and O–H groups in total. The number of aryl methyl sites for hydroxylation is 1. The molecular weight excluding hydrogens is 354 g/mol. The van der Waals surface area contributed by atoms with Gasteiger partial charge >= 0.3 is 0 Å². The zero-order valence-corrected chi connectivity index (χ0v) is 15.4. The summed E-state index contributed by atoms with van der Waals surface area (Å²) in [4.78, 5) is 6.49. The van der Waals surface area contributed by atoms with Gasteiger partial charge in [-0.25, -0.2) is 4.98 Å². The van der Waals surface area contributed by atoms with Crippen LogP contribution in [-0.2, 0) is 11.3 Å². The van der Waals surface area contributed by atoms with Crippen LogP contribution in [-0.4, -0.2) is 22.3 Å². The zero-order chi connectivity index (χ0) is 17.2. The van der Waals surface area contributed by atoms with Crippen LogP contribution in [0.15, 0.2) is 46.2 Å². The van der Waals surface area contributed by atoms with E-state index < -0.39 is 0 Å². The van der Waals surface area contributed by atoms with Crippen molar-refractivity contribution in [3.63, 3.8) is 0 Å². The van der Waals surface area contributed by atoms with Crippen LogP contribution in [0.1, 0.15) is 11.3 Å². The van der Waals surface area contributed by atoms with Gasteiger partial charge in [0.1, 0.15) is 9.88 Å². The lowest BCUT2D eigenvalue weighted by molar-refractivity contribution is 0.185. The van der Waals surface area contributed by atoms with Gasteiger partial charge in [0, 0.05) is 12.7 Å². The minimum absolute atomic E-state index is 0.508. The monoisotopic (exact) mass is 369 g/mol. The fourth-order valence-electron chi connectivity index (χ4n) is 2.44. The lowest BCUT2D eigenvalue weighted by Crippen LogP contribution is -1.81. The van der Waals surface area contributed by atoms with Crippen LogP contribution in [0.3, 0.4) is 0 Å². The normalized spacial score (nSPS) is 11.1. The van der Waals surface area contributed by atoms with Gasteiger partial charge in [0.05, 0.1) is 17.2 Å². The average Bonchev–Trinajstić information content (AvgIpc) is 3.35. The molecule has 4 aromatic rings. The summed E-state index contributed by atoms with van der Waals surface area (Å²) in [6.45, 7) is 2.54. The first-order valence-corrected chi connectivity index (χ1v) is 9.37. The summed E-state index contributed by atoms with van der Waals surface area (Å²) >= 11 is 3.13. The van der Waals surface area contributed by atoms with Gasteiger partial charge in [-0.2, -0.15) is 0 Å². The van der Waals surface area contributed by atoms with E-state index in [1.165, 1.54) is 0 Å². The molecule has 0 radical (unpaired) electrons. The summed E-state index contributed by atoms with van der Waals surface area (Å²) in [5, 5.41) is 11.4. The number of thiophene rings is 1. The van der Waals surface area contributed by atoms with Gasteiger partial charge in [0.15, 0.2) is 0 Å². The van der Waals surface area contributed by atoms with E-state index in [1.807, 2.05) is 48.7 Å². The van der Waals surface area contributed by atoms with Gasteiger partial charge in [0.2, 0.25) is 0 Å². The topological polar surface area (TPSA) is 61.0 Å². The van der Waals surface area contributed by atoms with Crippen molar-refractivity contribution < 1.29 is 9.15 Å². The van der Waals surface area contributed by atoms with Crippen molar-refractivity contribution in [1.29, 1.82) is 0 Å². The van der Waals surface area contributed by atoms with Crippen molar-refractivity contribution in [2.75, 3.05) is 7.11 Å². The number of methoxy groups -OCH3 is 1. The second-order valence-corrected chi connectivity index (χ2v) is 7.37. The first kappa shape index (κ1) is 16.1. The lowest BCUT2D eigenvalue weighted by atomic mass is 10.2. The van der Waals surface area contributed by atoms with Crippen molar-refractivity contribution in [2.24, 2.45) is 0 Å². The first-order chi connectivity index (χ1) is 12.2. The van der Waals surface area contributed by atoms with E-state index in [4.69, 9.17) is 9.15 Å². The number of benzene rings is 1. The third kappa shape index (κ3) is 3.26. The largest absolute Gasteiger partial charge is 0.414 e. The third-order valence-corrected chi connectivity index (χ3v) is 5.77. The summed E-state index contributed by atoms with van der Waals surface area (Å²) in [6.07, 6.45) is 0. The van der Waals surface area contributed by atoms with E-state index in [1.54, 1.807) is 29.8 Å². The van der Waals surface area contributed by atoms with Crippen LogP contribution >= 0.6 is 22.7 Å². The molecule has 3 heterocycles. The first-order valence-electron chi connectivity index (χ1n) is 7.68. The molecule has 126 valence electrons. The Hall–Kier alpha value is -2.35. The summed E-state index contributed by atoms with van der Waals surface area (Å²) < 4.78 is 11.0. The molecule has 0 amide bonds. The fraction of sp³-hybridized carbons (Fsp3) is 0.167. The molecule has 0 saturated heterocycles. The Labute approximate surface area is 153 Å². The molecule has 0 aliphatic rings. The van der Waals surface area contributed by atoms with Crippen LogP contribution in [0, 0.1) is 6.92 Å². The summed E-state index contributed by atoms with van der Waals surface area (Å²) in [5.41, 5.74) is 3.08. The Balaban J connectivity index is 1.65. The second-order valence-electron chi connectivity index (χ2n) is 5.46. The molecule has 25 heavy (non-hydrogen) atoms.